The van der Waals surface area contributed by atoms with Crippen LogP contribution in [0.25, 0.3) is 0 Å². The van der Waals surface area contributed by atoms with Gasteiger partial charge in [0.1, 0.15) is 5.75 Å². The van der Waals surface area contributed by atoms with Crippen molar-refractivity contribution in [1.82, 2.24) is 0 Å². The second-order valence-electron chi connectivity index (χ2n) is 3.01. The third-order valence-electron chi connectivity index (χ3n) is 1.95. The molecule has 2 N–H and O–H groups in total. The van der Waals surface area contributed by atoms with Gasteiger partial charge in [-0.05, 0) is 17.7 Å². The number of carbonyl (C=O) groups is 1. The van der Waals surface area contributed by atoms with Gasteiger partial charge in [-0.15, -0.1) is 0 Å². The van der Waals surface area contributed by atoms with Gasteiger partial charge in [-0.25, -0.2) is 4.79 Å². The minimum absolute atomic E-state index is 0.0335. The average molecular weight is 275 g/mol. The lowest BCUT2D eigenvalue weighted by atomic mass is 10.1. The molecule has 82 valence electrons. The molecule has 15 heavy (non-hydrogen) atoms. The molecule has 1 unspecified atom stereocenters. The predicted molar refractivity (Wildman–Crippen MR) is 58.0 cm³/mol. The van der Waals surface area contributed by atoms with E-state index in [2.05, 4.69) is 15.9 Å². The maximum atomic E-state index is 10.5. The Labute approximate surface area is 95.6 Å². The number of ether oxygens (including phenoxy) is 1. The van der Waals surface area contributed by atoms with E-state index in [1.165, 1.54) is 7.11 Å². The molecular formula is C10H11BrO4. The van der Waals surface area contributed by atoms with E-state index >= 15 is 0 Å². The van der Waals surface area contributed by atoms with Crippen LogP contribution in [0, 0.1) is 0 Å². The third-order valence-corrected chi connectivity index (χ3v) is 2.44. The second kappa shape index (κ2) is 5.14. The van der Waals surface area contributed by atoms with Crippen molar-refractivity contribution in [1.29, 1.82) is 0 Å². The smallest absolute Gasteiger partial charge is 0.332 e. The van der Waals surface area contributed by atoms with Gasteiger partial charge in [0.15, 0.2) is 6.10 Å². The molecule has 4 nitrogen and oxygen atoms in total. The van der Waals surface area contributed by atoms with Gasteiger partial charge >= 0.3 is 5.97 Å². The van der Waals surface area contributed by atoms with E-state index in [9.17, 15) is 9.90 Å². The van der Waals surface area contributed by atoms with E-state index in [1.54, 1.807) is 18.2 Å². The molecule has 0 radical (unpaired) electrons. The van der Waals surface area contributed by atoms with Crippen molar-refractivity contribution in [3.05, 3.63) is 28.2 Å². The van der Waals surface area contributed by atoms with E-state index in [-0.39, 0.29) is 6.42 Å². The zero-order chi connectivity index (χ0) is 11.4. The van der Waals surface area contributed by atoms with Crippen LogP contribution in [0.15, 0.2) is 22.7 Å². The highest BCUT2D eigenvalue weighted by atomic mass is 79.9. The number of rotatable bonds is 4. The molecule has 0 aliphatic heterocycles. The van der Waals surface area contributed by atoms with Crippen LogP contribution in [0.2, 0.25) is 0 Å². The van der Waals surface area contributed by atoms with Crippen LogP contribution < -0.4 is 4.74 Å². The predicted octanol–water partition coefficient (Wildman–Crippen LogP) is 1.45. The van der Waals surface area contributed by atoms with E-state index in [0.29, 0.717) is 11.3 Å². The van der Waals surface area contributed by atoms with E-state index in [1.807, 2.05) is 0 Å². The number of carboxylic acids is 1. The van der Waals surface area contributed by atoms with Gasteiger partial charge in [-0.2, -0.15) is 0 Å². The van der Waals surface area contributed by atoms with E-state index in [4.69, 9.17) is 9.84 Å². The maximum absolute atomic E-state index is 10.5. The SMILES string of the molecule is COc1cc(Br)ccc1CC(O)C(=O)O. The van der Waals surface area contributed by atoms with Crippen molar-refractivity contribution in [3.8, 4) is 5.75 Å². The maximum Gasteiger partial charge on any atom is 0.332 e. The van der Waals surface area contributed by atoms with Crippen LogP contribution in [0.1, 0.15) is 5.56 Å². The Bertz CT molecular complexity index is 364. The van der Waals surface area contributed by atoms with Crippen LogP contribution in [-0.4, -0.2) is 29.4 Å². The fraction of sp³-hybridized carbons (Fsp3) is 0.300. The monoisotopic (exact) mass is 274 g/mol. The lowest BCUT2D eigenvalue weighted by Crippen LogP contribution is -2.22. The molecule has 0 saturated carbocycles. The van der Waals surface area contributed by atoms with Crippen LogP contribution in [0.3, 0.4) is 0 Å². The lowest BCUT2D eigenvalue weighted by molar-refractivity contribution is -0.146. The first-order chi connectivity index (χ1) is 7.04. The van der Waals surface area contributed by atoms with Crippen molar-refractivity contribution < 1.29 is 19.7 Å². The van der Waals surface area contributed by atoms with Crippen molar-refractivity contribution in [2.24, 2.45) is 0 Å². The number of benzene rings is 1. The summed E-state index contributed by atoms with van der Waals surface area (Å²) < 4.78 is 5.91. The number of carboxylic acid groups (broad SMARTS) is 1. The molecule has 0 aromatic heterocycles. The standard InChI is InChI=1S/C10H11BrO4/c1-15-9-5-7(11)3-2-6(9)4-8(12)10(13)14/h2-3,5,8,12H,4H2,1H3,(H,13,14). The zero-order valence-electron chi connectivity index (χ0n) is 8.11. The number of hydrogen-bond donors (Lipinski definition) is 2. The van der Waals surface area contributed by atoms with Gasteiger partial charge in [-0.1, -0.05) is 22.0 Å². The minimum atomic E-state index is -1.40. The lowest BCUT2D eigenvalue weighted by Gasteiger charge is -2.10. The van der Waals surface area contributed by atoms with E-state index in [0.717, 1.165) is 4.47 Å². The highest BCUT2D eigenvalue weighted by molar-refractivity contribution is 9.10. The molecule has 0 fully saturated rings. The van der Waals surface area contributed by atoms with Crippen LogP contribution >= 0.6 is 15.9 Å². The topological polar surface area (TPSA) is 66.8 Å². The van der Waals surface area contributed by atoms with Crippen LogP contribution in [0.5, 0.6) is 5.75 Å². The fourth-order valence-electron chi connectivity index (χ4n) is 1.18. The first-order valence-electron chi connectivity index (χ1n) is 4.28. The Morgan fingerprint density at radius 3 is 2.80 bits per heavy atom. The van der Waals surface area contributed by atoms with Crippen molar-refractivity contribution in [3.63, 3.8) is 0 Å². The van der Waals surface area contributed by atoms with Gasteiger partial charge in [0.2, 0.25) is 0 Å². The quantitative estimate of drug-likeness (QED) is 0.872. The molecule has 0 heterocycles. The Hall–Kier alpha value is -1.07. The van der Waals surface area contributed by atoms with Gasteiger partial charge in [0.05, 0.1) is 7.11 Å². The number of halogens is 1. The number of hydrogen-bond acceptors (Lipinski definition) is 3. The molecular weight excluding hydrogens is 264 g/mol. The second-order valence-corrected chi connectivity index (χ2v) is 3.93. The van der Waals surface area contributed by atoms with Crippen molar-refractivity contribution in [2.75, 3.05) is 7.11 Å². The summed E-state index contributed by atoms with van der Waals surface area (Å²) in [5, 5.41) is 17.8. The van der Waals surface area contributed by atoms with Gasteiger partial charge in [-0.3, -0.25) is 0 Å². The van der Waals surface area contributed by atoms with Crippen molar-refractivity contribution in [2.45, 2.75) is 12.5 Å². The van der Waals surface area contributed by atoms with Gasteiger partial charge < -0.3 is 14.9 Å². The summed E-state index contributed by atoms with van der Waals surface area (Å²) in [6.07, 6.45) is -1.37. The van der Waals surface area contributed by atoms with Crippen molar-refractivity contribution >= 4 is 21.9 Å². The summed E-state index contributed by atoms with van der Waals surface area (Å²) in [6.45, 7) is 0. The number of aliphatic hydroxyl groups excluding tert-OH is 1. The molecule has 0 aliphatic carbocycles. The van der Waals surface area contributed by atoms with E-state index < -0.39 is 12.1 Å². The molecule has 1 aromatic rings. The number of aliphatic hydroxyl groups is 1. The largest absolute Gasteiger partial charge is 0.496 e. The molecule has 5 heteroatoms. The van der Waals surface area contributed by atoms with Gasteiger partial charge in [0.25, 0.3) is 0 Å². The van der Waals surface area contributed by atoms with Gasteiger partial charge in [0, 0.05) is 10.9 Å². The third kappa shape index (κ3) is 3.21. The summed E-state index contributed by atoms with van der Waals surface area (Å²) in [5.41, 5.74) is 0.663. The summed E-state index contributed by atoms with van der Waals surface area (Å²) in [5.74, 6) is -0.676. The molecule has 0 spiro atoms. The minimum Gasteiger partial charge on any atom is -0.496 e. The van der Waals surface area contributed by atoms with Crippen LogP contribution in [-0.2, 0) is 11.2 Å². The molecule has 0 bridgehead atoms. The number of methoxy groups -OCH3 is 1. The molecule has 1 aromatic carbocycles. The Morgan fingerprint density at radius 2 is 2.27 bits per heavy atom. The first kappa shape index (κ1) is 12.0. The summed E-state index contributed by atoms with van der Waals surface area (Å²) in [4.78, 5) is 10.5. The summed E-state index contributed by atoms with van der Waals surface area (Å²) >= 11 is 3.27. The molecule has 0 aliphatic rings. The Kier molecular flexibility index (Phi) is 4.11. The molecule has 1 rings (SSSR count). The Morgan fingerprint density at radius 1 is 1.60 bits per heavy atom. The highest BCUT2D eigenvalue weighted by Gasteiger charge is 2.16. The average Bonchev–Trinajstić information content (AvgIpc) is 2.20. The normalized spacial score (nSPS) is 12.2. The Balaban J connectivity index is 2.89. The zero-order valence-corrected chi connectivity index (χ0v) is 9.69. The molecule has 0 amide bonds. The summed E-state index contributed by atoms with van der Waals surface area (Å²) in [6, 6.07) is 5.21. The summed E-state index contributed by atoms with van der Waals surface area (Å²) in [7, 11) is 1.50. The molecule has 0 saturated heterocycles. The first-order valence-corrected chi connectivity index (χ1v) is 5.07. The molecule has 1 atom stereocenters. The fourth-order valence-corrected chi connectivity index (χ4v) is 1.52. The van der Waals surface area contributed by atoms with Crippen LogP contribution in [0.4, 0.5) is 0 Å². The highest BCUT2D eigenvalue weighted by Crippen LogP contribution is 2.24. The number of aliphatic carboxylic acids is 1.